The van der Waals surface area contributed by atoms with E-state index in [0.717, 1.165) is 4.43 Å². The van der Waals surface area contributed by atoms with Crippen LogP contribution in [0.25, 0.3) is 0 Å². The zero-order valence-corrected chi connectivity index (χ0v) is 6.74. The Labute approximate surface area is 43.3 Å². The van der Waals surface area contributed by atoms with Gasteiger partial charge >= 0.3 is 43.0 Å². The van der Waals surface area contributed by atoms with Crippen LogP contribution in [-0.2, 0) is 0 Å². The molecule has 2 heteroatoms. The number of nitrogens with one attached hydrogen (secondary N) is 1. The Morgan fingerprint density at radius 2 is 1.67 bits per heavy atom. The predicted octanol–water partition coefficient (Wildman–Crippen LogP) is 2.07. The van der Waals surface area contributed by atoms with Gasteiger partial charge in [-0.05, 0) is 0 Å². The molecule has 40 valence electrons. The van der Waals surface area contributed by atoms with Crippen LogP contribution in [0.2, 0.25) is 0 Å². The SMILES string of the molecule is CCI(C)(C)=N. The molecule has 0 aromatic carbocycles. The van der Waals surface area contributed by atoms with Crippen LogP contribution >= 0.6 is 18.3 Å². The topological polar surface area (TPSA) is 23.9 Å². The van der Waals surface area contributed by atoms with Gasteiger partial charge in [0.05, 0.1) is 0 Å². The summed E-state index contributed by atoms with van der Waals surface area (Å²) in [4.78, 5) is 4.18. The van der Waals surface area contributed by atoms with Crippen molar-refractivity contribution < 1.29 is 0 Å². The van der Waals surface area contributed by atoms with Gasteiger partial charge in [-0.1, -0.05) is 0 Å². The summed E-state index contributed by atoms with van der Waals surface area (Å²) in [5, 5.41) is 0. The first-order valence-electron chi connectivity index (χ1n) is 1.92. The van der Waals surface area contributed by atoms with Gasteiger partial charge in [0.1, 0.15) is 0 Å². The van der Waals surface area contributed by atoms with Crippen molar-refractivity contribution in [2.45, 2.75) is 6.92 Å². The summed E-state index contributed by atoms with van der Waals surface area (Å²) in [5.74, 6) is 0. The molecule has 0 fully saturated rings. The van der Waals surface area contributed by atoms with Crippen molar-refractivity contribution in [2.24, 2.45) is 0 Å². The van der Waals surface area contributed by atoms with Crippen molar-refractivity contribution in [2.75, 3.05) is 14.3 Å². The predicted molar refractivity (Wildman–Crippen MR) is 39.1 cm³/mol. The van der Waals surface area contributed by atoms with Gasteiger partial charge in [0.25, 0.3) is 0 Å². The van der Waals surface area contributed by atoms with Gasteiger partial charge in [0.15, 0.2) is 0 Å². The Bertz CT molecular complexity index is 71.6. The Balaban J connectivity index is 3.48. The van der Waals surface area contributed by atoms with E-state index in [0.29, 0.717) is 0 Å². The molecule has 6 heavy (non-hydrogen) atoms. The normalized spacial score (nSPS) is 14.5. The average Bonchev–Trinajstić information content (AvgIpc) is 1.35. The summed E-state index contributed by atoms with van der Waals surface area (Å²) in [6.07, 6.45) is 0. The molecule has 0 spiro atoms. The van der Waals surface area contributed by atoms with Gasteiger partial charge in [0, 0.05) is 0 Å². The van der Waals surface area contributed by atoms with Crippen LogP contribution in [0.5, 0.6) is 0 Å². The summed E-state index contributed by atoms with van der Waals surface area (Å²) >= 11 is -1.73. The first-order chi connectivity index (χ1) is 2.56. The van der Waals surface area contributed by atoms with Crippen LogP contribution in [0.3, 0.4) is 0 Å². The van der Waals surface area contributed by atoms with E-state index in [2.05, 4.69) is 16.8 Å². The summed E-state index contributed by atoms with van der Waals surface area (Å²) < 4.78 is 8.48. The third-order valence-corrected chi connectivity index (χ3v) is 4.48. The molecule has 0 aromatic heterocycles. The Morgan fingerprint density at radius 3 is 1.67 bits per heavy atom. The molecule has 1 nitrogen and oxygen atoms in total. The van der Waals surface area contributed by atoms with Crippen molar-refractivity contribution >= 4 is 18.3 Å². The molecule has 0 atom stereocenters. The number of alkyl halides is 3. The van der Waals surface area contributed by atoms with Crippen LogP contribution in [-0.4, -0.2) is 14.3 Å². The van der Waals surface area contributed by atoms with Gasteiger partial charge in [-0.25, -0.2) is 0 Å². The van der Waals surface area contributed by atoms with Crippen molar-refractivity contribution in [3.05, 3.63) is 0 Å². The second-order valence-electron chi connectivity index (χ2n) is 1.69. The zero-order chi connectivity index (χ0) is 5.21. The zero-order valence-electron chi connectivity index (χ0n) is 4.59. The second-order valence-corrected chi connectivity index (χ2v) is 11.3. The molecule has 0 radical (unpaired) electrons. The number of hydrogen-bond donors (Lipinski definition) is 1. The molecular weight excluding hydrogens is 189 g/mol. The first kappa shape index (κ1) is 6.53. The van der Waals surface area contributed by atoms with Gasteiger partial charge in [-0.15, -0.1) is 0 Å². The van der Waals surface area contributed by atoms with Crippen LogP contribution in [0.15, 0.2) is 0 Å². The standard InChI is InChI=1S/C4H12IN/c1-4-5(2,3)6/h6H,4H2,1-3H3. The van der Waals surface area contributed by atoms with E-state index in [1.807, 2.05) is 0 Å². The molecule has 0 aliphatic heterocycles. The fraction of sp³-hybridized carbons (Fsp3) is 1.00. The minimum atomic E-state index is -1.73. The third kappa shape index (κ3) is 4.53. The van der Waals surface area contributed by atoms with Crippen LogP contribution in [0.4, 0.5) is 0 Å². The summed E-state index contributed by atoms with van der Waals surface area (Å²) in [5.41, 5.74) is 0. The molecule has 0 saturated heterocycles. The molecule has 0 rings (SSSR count). The molecule has 0 heterocycles. The van der Waals surface area contributed by atoms with Crippen molar-refractivity contribution in [3.8, 4) is 0 Å². The van der Waals surface area contributed by atoms with E-state index in [1.54, 1.807) is 0 Å². The van der Waals surface area contributed by atoms with Crippen molar-refractivity contribution in [3.63, 3.8) is 0 Å². The third-order valence-electron chi connectivity index (χ3n) is 0.668. The van der Waals surface area contributed by atoms with E-state index in [9.17, 15) is 0 Å². The fourth-order valence-corrected chi connectivity index (χ4v) is 0. The summed E-state index contributed by atoms with van der Waals surface area (Å²) in [6, 6.07) is 0. The molecule has 0 bridgehead atoms. The summed E-state index contributed by atoms with van der Waals surface area (Å²) in [6.45, 7) is 2.10. The van der Waals surface area contributed by atoms with E-state index >= 15 is 0 Å². The summed E-state index contributed by atoms with van der Waals surface area (Å²) in [7, 11) is 0. The van der Waals surface area contributed by atoms with Gasteiger partial charge in [-0.3, -0.25) is 0 Å². The van der Waals surface area contributed by atoms with Crippen LogP contribution in [0, 0.1) is 3.56 Å². The maximum atomic E-state index is 7.36. The molecule has 0 unspecified atom stereocenters. The van der Waals surface area contributed by atoms with E-state index < -0.39 is 18.3 Å². The Morgan fingerprint density at radius 1 is 1.50 bits per heavy atom. The monoisotopic (exact) mass is 201 g/mol. The first-order valence-corrected chi connectivity index (χ1v) is 8.84. The van der Waals surface area contributed by atoms with Crippen molar-refractivity contribution in [1.82, 2.24) is 0 Å². The number of rotatable bonds is 1. The fourth-order valence-electron chi connectivity index (χ4n) is 0. The van der Waals surface area contributed by atoms with Crippen LogP contribution < -0.4 is 0 Å². The Hall–Kier alpha value is 0.530. The molecule has 0 aliphatic rings. The van der Waals surface area contributed by atoms with Gasteiger partial charge in [0.2, 0.25) is 0 Å². The minimum absolute atomic E-state index is 1.12. The van der Waals surface area contributed by atoms with Crippen LogP contribution in [0.1, 0.15) is 6.92 Å². The maximum absolute atomic E-state index is 7.36. The Kier molecular flexibility index (Phi) is 2.18. The molecule has 0 amide bonds. The average molecular weight is 201 g/mol. The van der Waals surface area contributed by atoms with E-state index in [4.69, 9.17) is 3.56 Å². The molecule has 1 N–H and O–H groups in total. The second kappa shape index (κ2) is 2.00. The molecule has 0 saturated carbocycles. The van der Waals surface area contributed by atoms with Crippen molar-refractivity contribution in [1.29, 1.82) is 3.56 Å². The van der Waals surface area contributed by atoms with E-state index in [-0.39, 0.29) is 0 Å². The molecule has 0 aliphatic carbocycles. The van der Waals surface area contributed by atoms with Gasteiger partial charge < -0.3 is 0 Å². The quantitative estimate of drug-likeness (QED) is 0.496. The molecule has 0 aromatic rings. The molecular formula is C4H12IN. The van der Waals surface area contributed by atoms with E-state index in [1.165, 1.54) is 0 Å². The van der Waals surface area contributed by atoms with Gasteiger partial charge in [-0.2, -0.15) is 0 Å². The number of halogens is 1. The number of hydrogen-bond acceptors (Lipinski definition) is 1.